The maximum Gasteiger partial charge on any atom is 0.245 e. The number of amides is 1. The molecule has 1 N–H and O–H groups in total. The lowest BCUT2D eigenvalue weighted by atomic mass is 9.73. The highest BCUT2D eigenvalue weighted by Gasteiger charge is 2.62. The Hall–Kier alpha value is -1.14. The molecule has 142 valence electrons. The molecule has 1 aromatic rings. The van der Waals surface area contributed by atoms with Crippen LogP contribution in [0.25, 0.3) is 0 Å². The summed E-state index contributed by atoms with van der Waals surface area (Å²) in [6.07, 6.45) is 2.51. The van der Waals surface area contributed by atoms with Crippen LogP contribution in [0.5, 0.6) is 0 Å². The minimum Gasteiger partial charge on any atom is -0.375 e. The Morgan fingerprint density at radius 1 is 1.50 bits per heavy atom. The van der Waals surface area contributed by atoms with E-state index in [0.717, 1.165) is 37.5 Å². The van der Waals surface area contributed by atoms with Crippen molar-refractivity contribution in [2.24, 2.45) is 11.8 Å². The van der Waals surface area contributed by atoms with E-state index in [-0.39, 0.29) is 24.2 Å². The van der Waals surface area contributed by atoms with Crippen LogP contribution in [0.4, 0.5) is 0 Å². The van der Waals surface area contributed by atoms with Crippen molar-refractivity contribution in [2.45, 2.75) is 38.0 Å². The molecule has 4 atom stereocenters. The topological polar surface area (TPSA) is 50.8 Å². The first-order valence-electron chi connectivity index (χ1n) is 9.41. The molecule has 3 saturated heterocycles. The Bertz CT molecular complexity index is 698. The van der Waals surface area contributed by atoms with Gasteiger partial charge in [-0.15, -0.1) is 0 Å². The highest BCUT2D eigenvalue weighted by Crippen LogP contribution is 2.54. The molecule has 2 bridgehead atoms. The van der Waals surface area contributed by atoms with Gasteiger partial charge < -0.3 is 14.8 Å². The summed E-state index contributed by atoms with van der Waals surface area (Å²) in [5.74, 6) is 0.821. The van der Waals surface area contributed by atoms with E-state index < -0.39 is 0 Å². The second kappa shape index (κ2) is 7.12. The molecular weight excluding hydrogens is 352 g/mol. The lowest BCUT2D eigenvalue weighted by Crippen LogP contribution is -2.42. The number of benzene rings is 1. The van der Waals surface area contributed by atoms with Crippen LogP contribution in [0.15, 0.2) is 18.2 Å². The number of nitrogens with one attached hydrogen (secondary N) is 1. The van der Waals surface area contributed by atoms with Gasteiger partial charge in [0.15, 0.2) is 0 Å². The fourth-order valence-corrected chi connectivity index (χ4v) is 5.41. The zero-order chi connectivity index (χ0) is 18.3. The van der Waals surface area contributed by atoms with Crippen molar-refractivity contribution >= 4 is 17.5 Å². The number of ether oxygens (including phenoxy) is 2. The van der Waals surface area contributed by atoms with Crippen molar-refractivity contribution in [2.75, 3.05) is 33.4 Å². The van der Waals surface area contributed by atoms with Gasteiger partial charge >= 0.3 is 0 Å². The quantitative estimate of drug-likeness (QED) is 0.825. The normalized spacial score (nSPS) is 32.8. The van der Waals surface area contributed by atoms with Gasteiger partial charge in [0.2, 0.25) is 5.91 Å². The van der Waals surface area contributed by atoms with Crippen LogP contribution in [-0.4, -0.2) is 55.9 Å². The molecule has 0 radical (unpaired) electrons. The van der Waals surface area contributed by atoms with E-state index in [1.807, 2.05) is 6.07 Å². The number of nitrogens with zero attached hydrogens (tertiary/aromatic N) is 1. The highest BCUT2D eigenvalue weighted by molar-refractivity contribution is 6.31. The Labute approximate surface area is 160 Å². The van der Waals surface area contributed by atoms with E-state index in [2.05, 4.69) is 29.3 Å². The predicted octanol–water partition coefficient (Wildman–Crippen LogP) is 2.39. The summed E-state index contributed by atoms with van der Waals surface area (Å²) in [6, 6.07) is 6.28. The van der Waals surface area contributed by atoms with Gasteiger partial charge in [0.1, 0.15) is 6.61 Å². The maximum absolute atomic E-state index is 11.8. The maximum atomic E-state index is 11.8. The van der Waals surface area contributed by atoms with E-state index in [0.29, 0.717) is 18.4 Å². The number of carbonyl (C=O) groups is 1. The Kier molecular flexibility index (Phi) is 4.99. The molecule has 3 fully saturated rings. The van der Waals surface area contributed by atoms with Gasteiger partial charge in [-0.1, -0.05) is 23.7 Å². The first-order chi connectivity index (χ1) is 12.5. The summed E-state index contributed by atoms with van der Waals surface area (Å²) in [5.41, 5.74) is 2.33. The highest BCUT2D eigenvalue weighted by atomic mass is 35.5. The molecule has 3 aliphatic rings. The number of carbonyl (C=O) groups excluding carboxylic acids is 1. The minimum atomic E-state index is -0.0504. The van der Waals surface area contributed by atoms with Crippen molar-refractivity contribution in [3.63, 3.8) is 0 Å². The molecule has 3 heterocycles. The molecule has 1 aromatic carbocycles. The summed E-state index contributed by atoms with van der Waals surface area (Å²) in [4.78, 5) is 14.2. The van der Waals surface area contributed by atoms with Crippen molar-refractivity contribution < 1.29 is 14.3 Å². The summed E-state index contributed by atoms with van der Waals surface area (Å²) in [7, 11) is 1.54. The standard InChI is InChI=1S/C20H27ClN2O3/c1-13-3-4-14(17(21)7-13)9-23-10-16-15(8-22-19(24)11-25-2)18-5-6-20(16,12-23)26-18/h3-4,7,15-16,18H,5-6,8-12H2,1-2H3,(H,22,24)/t15-,16+,18+,20+/m0/s1. The molecule has 0 saturated carbocycles. The molecule has 4 rings (SSSR count). The van der Waals surface area contributed by atoms with Gasteiger partial charge in [-0.2, -0.15) is 0 Å². The molecule has 0 aromatic heterocycles. The summed E-state index contributed by atoms with van der Waals surface area (Å²) in [6.45, 7) is 5.68. The first kappa shape index (κ1) is 18.2. The summed E-state index contributed by atoms with van der Waals surface area (Å²) < 4.78 is 11.4. The van der Waals surface area contributed by atoms with Gasteiger partial charge in [0, 0.05) is 50.1 Å². The molecular formula is C20H27ClN2O3. The predicted molar refractivity (Wildman–Crippen MR) is 100 cm³/mol. The number of hydrogen-bond acceptors (Lipinski definition) is 4. The smallest absolute Gasteiger partial charge is 0.245 e. The number of fused-ring (bicyclic) bond motifs is 1. The van der Waals surface area contributed by atoms with Crippen molar-refractivity contribution in [1.82, 2.24) is 10.2 Å². The Balaban J connectivity index is 1.42. The number of rotatable bonds is 6. The monoisotopic (exact) mass is 378 g/mol. The number of likely N-dealkylation sites (tertiary alicyclic amines) is 1. The molecule has 1 amide bonds. The molecule has 0 unspecified atom stereocenters. The first-order valence-corrected chi connectivity index (χ1v) is 9.79. The van der Waals surface area contributed by atoms with Crippen LogP contribution in [0, 0.1) is 18.8 Å². The third-order valence-corrected chi connectivity index (χ3v) is 6.62. The van der Waals surface area contributed by atoms with Crippen molar-refractivity contribution in [3.05, 3.63) is 34.3 Å². The molecule has 5 nitrogen and oxygen atoms in total. The fourth-order valence-electron chi connectivity index (χ4n) is 5.12. The third-order valence-electron chi connectivity index (χ3n) is 6.27. The lowest BCUT2D eigenvalue weighted by Gasteiger charge is -2.29. The number of aryl methyl sites for hydroxylation is 1. The largest absolute Gasteiger partial charge is 0.375 e. The lowest BCUT2D eigenvalue weighted by molar-refractivity contribution is -0.125. The second-order valence-corrected chi connectivity index (χ2v) is 8.44. The average molecular weight is 379 g/mol. The van der Waals surface area contributed by atoms with Crippen LogP contribution in [0.3, 0.4) is 0 Å². The summed E-state index contributed by atoms with van der Waals surface area (Å²) in [5, 5.41) is 3.86. The third kappa shape index (κ3) is 3.26. The minimum absolute atomic E-state index is 0.0293. The van der Waals surface area contributed by atoms with E-state index in [1.165, 1.54) is 11.1 Å². The number of halogens is 1. The van der Waals surface area contributed by atoms with Crippen LogP contribution < -0.4 is 5.32 Å². The number of hydrogen-bond donors (Lipinski definition) is 1. The van der Waals surface area contributed by atoms with Crippen LogP contribution >= 0.6 is 11.6 Å². The van der Waals surface area contributed by atoms with E-state index in [1.54, 1.807) is 7.11 Å². The Morgan fingerprint density at radius 3 is 3.12 bits per heavy atom. The molecule has 6 heteroatoms. The van der Waals surface area contributed by atoms with Gasteiger partial charge in [-0.3, -0.25) is 9.69 Å². The van der Waals surface area contributed by atoms with E-state index >= 15 is 0 Å². The van der Waals surface area contributed by atoms with Crippen molar-refractivity contribution in [3.8, 4) is 0 Å². The SMILES string of the molecule is COCC(=O)NC[C@H]1[C@H]2CN(Cc3ccc(C)cc3Cl)C[C@]23CC[C@H]1O3. The molecule has 3 aliphatic heterocycles. The van der Waals surface area contributed by atoms with Crippen LogP contribution in [-0.2, 0) is 20.8 Å². The van der Waals surface area contributed by atoms with Crippen LogP contribution in [0.2, 0.25) is 5.02 Å². The molecule has 0 aliphatic carbocycles. The zero-order valence-electron chi connectivity index (χ0n) is 15.5. The van der Waals surface area contributed by atoms with E-state index in [4.69, 9.17) is 21.1 Å². The fraction of sp³-hybridized carbons (Fsp3) is 0.650. The van der Waals surface area contributed by atoms with Gasteiger partial charge in [0.25, 0.3) is 0 Å². The molecule has 1 spiro atoms. The van der Waals surface area contributed by atoms with Gasteiger partial charge in [-0.25, -0.2) is 0 Å². The molecule has 26 heavy (non-hydrogen) atoms. The average Bonchev–Trinajstić information content (AvgIpc) is 3.23. The van der Waals surface area contributed by atoms with Gasteiger partial charge in [0.05, 0.1) is 11.7 Å². The van der Waals surface area contributed by atoms with Crippen LogP contribution in [0.1, 0.15) is 24.0 Å². The summed E-state index contributed by atoms with van der Waals surface area (Å²) >= 11 is 6.43. The zero-order valence-corrected chi connectivity index (χ0v) is 16.2. The second-order valence-electron chi connectivity index (χ2n) is 8.03. The van der Waals surface area contributed by atoms with E-state index in [9.17, 15) is 4.79 Å². The Morgan fingerprint density at radius 2 is 2.35 bits per heavy atom. The van der Waals surface area contributed by atoms with Crippen molar-refractivity contribution in [1.29, 1.82) is 0 Å². The van der Waals surface area contributed by atoms with Gasteiger partial charge in [-0.05, 0) is 37.0 Å². The number of methoxy groups -OCH3 is 1.